The molecule has 18 heavy (non-hydrogen) atoms. The molecule has 1 rings (SSSR count). The smallest absolute Gasteiger partial charge is 0.0940 e. The highest BCUT2D eigenvalue weighted by atomic mass is 16.5. The molecule has 0 aliphatic carbocycles. The number of ether oxygens (including phenoxy) is 1. The van der Waals surface area contributed by atoms with Gasteiger partial charge in [0.15, 0.2) is 0 Å². The van der Waals surface area contributed by atoms with Crippen molar-refractivity contribution in [1.29, 1.82) is 0 Å². The normalized spacial score (nSPS) is 14.3. The van der Waals surface area contributed by atoms with Crippen molar-refractivity contribution in [2.45, 2.75) is 19.1 Å². The zero-order chi connectivity index (χ0) is 13.5. The van der Waals surface area contributed by atoms with Crippen LogP contribution < -0.4 is 10.2 Å². The Hall–Kier alpha value is -1.10. The molecule has 0 heterocycles. The Labute approximate surface area is 110 Å². The van der Waals surface area contributed by atoms with Crippen molar-refractivity contribution >= 4 is 5.69 Å². The van der Waals surface area contributed by atoms with Crippen LogP contribution in [0.2, 0.25) is 0 Å². The van der Waals surface area contributed by atoms with Crippen LogP contribution in [0, 0.1) is 0 Å². The predicted molar refractivity (Wildman–Crippen MR) is 75.1 cm³/mol. The summed E-state index contributed by atoms with van der Waals surface area (Å²) in [6.45, 7) is 3.36. The molecule has 0 aliphatic rings. The third kappa shape index (κ3) is 4.29. The highest BCUT2D eigenvalue weighted by molar-refractivity contribution is 5.46. The molecule has 4 nitrogen and oxygen atoms in total. The monoisotopic (exact) mass is 252 g/mol. The molecule has 1 aromatic carbocycles. The van der Waals surface area contributed by atoms with Crippen molar-refractivity contribution in [3.05, 3.63) is 29.8 Å². The molecule has 0 bridgehead atoms. The second-order valence-electron chi connectivity index (χ2n) is 4.67. The molecule has 0 aliphatic heterocycles. The van der Waals surface area contributed by atoms with Gasteiger partial charge in [-0.05, 0) is 24.6 Å². The number of hydrogen-bond acceptors (Lipinski definition) is 4. The highest BCUT2D eigenvalue weighted by Gasteiger charge is 2.15. The third-order valence-electron chi connectivity index (χ3n) is 3.00. The van der Waals surface area contributed by atoms with E-state index in [1.165, 1.54) is 0 Å². The van der Waals surface area contributed by atoms with Gasteiger partial charge in [-0.15, -0.1) is 0 Å². The van der Waals surface area contributed by atoms with E-state index in [9.17, 15) is 5.11 Å². The van der Waals surface area contributed by atoms with Gasteiger partial charge in [0.25, 0.3) is 0 Å². The number of nitrogens with one attached hydrogen (secondary N) is 1. The molecule has 0 fully saturated rings. The maximum atomic E-state index is 10.2. The Balaban J connectivity index is 2.57. The lowest BCUT2D eigenvalue weighted by molar-refractivity contribution is 0.127. The van der Waals surface area contributed by atoms with Crippen LogP contribution in [-0.4, -0.2) is 45.5 Å². The minimum Gasteiger partial charge on any atom is -0.387 e. The van der Waals surface area contributed by atoms with E-state index in [1.54, 1.807) is 7.11 Å². The molecule has 102 valence electrons. The van der Waals surface area contributed by atoms with Crippen LogP contribution in [0.1, 0.15) is 18.6 Å². The van der Waals surface area contributed by atoms with Crippen LogP contribution in [0.15, 0.2) is 24.3 Å². The van der Waals surface area contributed by atoms with Gasteiger partial charge < -0.3 is 20.1 Å². The Bertz CT molecular complexity index is 338. The number of hydrogen-bond donors (Lipinski definition) is 2. The average Bonchev–Trinajstić information content (AvgIpc) is 2.38. The zero-order valence-electron chi connectivity index (χ0n) is 11.7. The summed E-state index contributed by atoms with van der Waals surface area (Å²) in [5.41, 5.74) is 2.06. The lowest BCUT2D eigenvalue weighted by Gasteiger charge is -2.21. The SMILES string of the molecule is COCCNC(C)C(O)c1ccc(N(C)C)cc1. The average molecular weight is 252 g/mol. The number of benzene rings is 1. The summed E-state index contributed by atoms with van der Waals surface area (Å²) in [4.78, 5) is 2.04. The van der Waals surface area contributed by atoms with Gasteiger partial charge in [-0.3, -0.25) is 0 Å². The van der Waals surface area contributed by atoms with Crippen molar-refractivity contribution in [3.63, 3.8) is 0 Å². The number of methoxy groups -OCH3 is 1. The maximum Gasteiger partial charge on any atom is 0.0940 e. The first kappa shape index (κ1) is 15.0. The molecule has 0 radical (unpaired) electrons. The molecule has 0 saturated heterocycles. The van der Waals surface area contributed by atoms with Crippen LogP contribution in [0.25, 0.3) is 0 Å². The number of aliphatic hydroxyl groups is 1. The van der Waals surface area contributed by atoms with Crippen LogP contribution in [0.4, 0.5) is 5.69 Å². The van der Waals surface area contributed by atoms with Crippen molar-refractivity contribution < 1.29 is 9.84 Å². The van der Waals surface area contributed by atoms with Crippen molar-refractivity contribution in [1.82, 2.24) is 5.32 Å². The minimum atomic E-state index is -0.502. The second-order valence-corrected chi connectivity index (χ2v) is 4.67. The molecule has 1 aromatic rings. The van der Waals surface area contributed by atoms with Crippen molar-refractivity contribution in [2.75, 3.05) is 39.3 Å². The zero-order valence-corrected chi connectivity index (χ0v) is 11.7. The van der Waals surface area contributed by atoms with Gasteiger partial charge >= 0.3 is 0 Å². The highest BCUT2D eigenvalue weighted by Crippen LogP contribution is 2.20. The number of nitrogens with zero attached hydrogens (tertiary/aromatic N) is 1. The summed E-state index contributed by atoms with van der Waals surface area (Å²) in [6, 6.07) is 7.97. The van der Waals surface area contributed by atoms with Crippen LogP contribution >= 0.6 is 0 Å². The van der Waals surface area contributed by atoms with E-state index in [4.69, 9.17) is 4.74 Å². The molecule has 2 atom stereocenters. The summed E-state index contributed by atoms with van der Waals surface area (Å²) in [7, 11) is 5.67. The first-order chi connectivity index (χ1) is 8.56. The first-order valence-electron chi connectivity index (χ1n) is 6.24. The Kier molecular flexibility index (Phi) is 6.12. The van der Waals surface area contributed by atoms with Gasteiger partial charge in [-0.25, -0.2) is 0 Å². The van der Waals surface area contributed by atoms with E-state index in [0.29, 0.717) is 6.61 Å². The summed E-state index contributed by atoms with van der Waals surface area (Å²) in [5.74, 6) is 0. The molecule has 0 spiro atoms. The lowest BCUT2D eigenvalue weighted by Crippen LogP contribution is -2.34. The molecule has 0 amide bonds. The fourth-order valence-corrected chi connectivity index (χ4v) is 1.76. The van der Waals surface area contributed by atoms with E-state index in [-0.39, 0.29) is 6.04 Å². The maximum absolute atomic E-state index is 10.2. The third-order valence-corrected chi connectivity index (χ3v) is 3.00. The summed E-state index contributed by atoms with van der Waals surface area (Å²) < 4.78 is 4.97. The van der Waals surface area contributed by atoms with E-state index >= 15 is 0 Å². The number of aliphatic hydroxyl groups excluding tert-OH is 1. The summed E-state index contributed by atoms with van der Waals surface area (Å²) in [6.07, 6.45) is -0.502. The number of rotatable bonds is 7. The molecule has 4 heteroatoms. The summed E-state index contributed by atoms with van der Waals surface area (Å²) >= 11 is 0. The molecular formula is C14H24N2O2. The Morgan fingerprint density at radius 1 is 1.28 bits per heavy atom. The van der Waals surface area contributed by atoms with Crippen LogP contribution in [0.5, 0.6) is 0 Å². The second kappa shape index (κ2) is 7.36. The fraction of sp³-hybridized carbons (Fsp3) is 0.571. The van der Waals surface area contributed by atoms with Gasteiger partial charge in [0.2, 0.25) is 0 Å². The molecule has 0 aromatic heterocycles. The van der Waals surface area contributed by atoms with Crippen LogP contribution in [0.3, 0.4) is 0 Å². The largest absolute Gasteiger partial charge is 0.387 e. The minimum absolute atomic E-state index is 0.00496. The molecule has 2 N–H and O–H groups in total. The van der Waals surface area contributed by atoms with E-state index in [2.05, 4.69) is 5.32 Å². The van der Waals surface area contributed by atoms with E-state index < -0.39 is 6.10 Å². The van der Waals surface area contributed by atoms with E-state index in [1.807, 2.05) is 50.2 Å². The Morgan fingerprint density at radius 2 is 1.89 bits per heavy atom. The van der Waals surface area contributed by atoms with Crippen molar-refractivity contribution in [3.8, 4) is 0 Å². The topological polar surface area (TPSA) is 44.7 Å². The Morgan fingerprint density at radius 3 is 2.39 bits per heavy atom. The quantitative estimate of drug-likeness (QED) is 0.720. The fourth-order valence-electron chi connectivity index (χ4n) is 1.76. The summed E-state index contributed by atoms with van der Waals surface area (Å²) in [5, 5.41) is 13.4. The van der Waals surface area contributed by atoms with Gasteiger partial charge in [0.05, 0.1) is 12.7 Å². The van der Waals surface area contributed by atoms with Crippen LogP contribution in [-0.2, 0) is 4.74 Å². The predicted octanol–water partition coefficient (Wildman–Crippen LogP) is 1.41. The van der Waals surface area contributed by atoms with Gasteiger partial charge in [0.1, 0.15) is 0 Å². The lowest BCUT2D eigenvalue weighted by atomic mass is 10.0. The standard InChI is InChI=1S/C14H24N2O2/c1-11(15-9-10-18-4)14(17)12-5-7-13(8-6-12)16(2)3/h5-8,11,14-15,17H,9-10H2,1-4H3. The van der Waals surface area contributed by atoms with Gasteiger partial charge in [-0.2, -0.15) is 0 Å². The van der Waals surface area contributed by atoms with Gasteiger partial charge in [0, 0.05) is 39.5 Å². The molecule has 0 saturated carbocycles. The van der Waals surface area contributed by atoms with E-state index in [0.717, 1.165) is 17.8 Å². The molecule has 2 unspecified atom stereocenters. The molecular weight excluding hydrogens is 228 g/mol. The van der Waals surface area contributed by atoms with Crippen molar-refractivity contribution in [2.24, 2.45) is 0 Å². The van der Waals surface area contributed by atoms with Gasteiger partial charge in [-0.1, -0.05) is 12.1 Å². The first-order valence-corrected chi connectivity index (χ1v) is 6.24. The number of anilines is 1.